The number of rotatable bonds is 4. The van der Waals surface area contributed by atoms with E-state index < -0.39 is 6.17 Å². The van der Waals surface area contributed by atoms with Crippen LogP contribution in [-0.4, -0.2) is 6.21 Å². The van der Waals surface area contributed by atoms with E-state index in [4.69, 9.17) is 5.53 Å². The second-order valence-electron chi connectivity index (χ2n) is 3.60. The van der Waals surface area contributed by atoms with Crippen molar-refractivity contribution >= 4 is 6.21 Å². The van der Waals surface area contributed by atoms with Gasteiger partial charge < -0.3 is 0 Å². The molecule has 0 heterocycles. The highest BCUT2D eigenvalue weighted by Crippen LogP contribution is 2.17. The third-order valence-corrected chi connectivity index (χ3v) is 2.38. The van der Waals surface area contributed by atoms with Crippen LogP contribution in [0.15, 0.2) is 70.8 Å². The smallest absolute Gasteiger partial charge is 0.185 e. The number of hydrogen-bond acceptors (Lipinski definition) is 3. The van der Waals surface area contributed by atoms with Crippen LogP contribution in [0.1, 0.15) is 17.3 Å². The van der Waals surface area contributed by atoms with Gasteiger partial charge in [-0.05, 0) is 5.56 Å². The quantitative estimate of drug-likeness (QED) is 0.605. The lowest BCUT2D eigenvalue weighted by Gasteiger charge is -2.04. The van der Waals surface area contributed by atoms with Crippen molar-refractivity contribution in [3.8, 4) is 0 Å². The van der Waals surface area contributed by atoms with Crippen LogP contribution in [0.4, 0.5) is 0 Å². The molecule has 1 N–H and O–H groups in total. The summed E-state index contributed by atoms with van der Waals surface area (Å²) in [6, 6.07) is 19.4. The van der Waals surface area contributed by atoms with E-state index in [2.05, 4.69) is 10.1 Å². The average Bonchev–Trinajstić information content (AvgIpc) is 2.42. The number of nitrogens with zero attached hydrogens (tertiary/aromatic N) is 2. The van der Waals surface area contributed by atoms with Crippen molar-refractivity contribution < 1.29 is 0 Å². The van der Waals surface area contributed by atoms with Crippen LogP contribution in [0.5, 0.6) is 0 Å². The highest BCUT2D eigenvalue weighted by atomic mass is 15.1. The molecule has 1 unspecified atom stereocenters. The number of nitrogens with one attached hydrogen (secondary N) is 1. The zero-order valence-electron chi connectivity index (χ0n) is 9.32. The lowest BCUT2D eigenvalue weighted by molar-refractivity contribution is 0.706. The zero-order chi connectivity index (χ0) is 11.9. The third-order valence-electron chi connectivity index (χ3n) is 2.38. The highest BCUT2D eigenvalue weighted by molar-refractivity contribution is 5.79. The molecule has 0 aromatic heterocycles. The van der Waals surface area contributed by atoms with Crippen molar-refractivity contribution in [3.05, 3.63) is 71.8 Å². The number of benzene rings is 2. The fourth-order valence-electron chi connectivity index (χ4n) is 1.51. The van der Waals surface area contributed by atoms with Gasteiger partial charge in [0.05, 0.1) is 0 Å². The lowest BCUT2D eigenvalue weighted by Crippen LogP contribution is -1.91. The van der Waals surface area contributed by atoms with Crippen molar-refractivity contribution in [2.45, 2.75) is 6.17 Å². The molecule has 0 aliphatic carbocycles. The molecule has 3 heteroatoms. The van der Waals surface area contributed by atoms with E-state index in [0.29, 0.717) is 0 Å². The van der Waals surface area contributed by atoms with Crippen LogP contribution in [0.2, 0.25) is 0 Å². The third kappa shape index (κ3) is 3.08. The summed E-state index contributed by atoms with van der Waals surface area (Å²) < 4.78 is 0. The molecule has 0 aliphatic heterocycles. The Morgan fingerprint density at radius 2 is 1.47 bits per heavy atom. The molecule has 1 atom stereocenters. The molecule has 0 amide bonds. The molecule has 2 rings (SSSR count). The largest absolute Gasteiger partial charge is 0.259 e. The Morgan fingerprint density at radius 3 is 2.06 bits per heavy atom. The first kappa shape index (κ1) is 11.2. The first-order chi connectivity index (χ1) is 8.40. The van der Waals surface area contributed by atoms with Gasteiger partial charge in [0.15, 0.2) is 6.17 Å². The maximum absolute atomic E-state index is 7.17. The van der Waals surface area contributed by atoms with Gasteiger partial charge in [0.2, 0.25) is 0 Å². The summed E-state index contributed by atoms with van der Waals surface area (Å²) in [5.74, 6) is 0. The SMILES string of the molecule is N=NC(/N=C/c1ccccc1)c1ccccc1. The minimum atomic E-state index is -0.448. The summed E-state index contributed by atoms with van der Waals surface area (Å²) in [5.41, 5.74) is 9.11. The summed E-state index contributed by atoms with van der Waals surface area (Å²) in [6.07, 6.45) is 1.30. The van der Waals surface area contributed by atoms with Crippen molar-refractivity contribution in [1.29, 1.82) is 5.53 Å². The van der Waals surface area contributed by atoms with Crippen LogP contribution in [0.25, 0.3) is 0 Å². The van der Waals surface area contributed by atoms with Crippen molar-refractivity contribution in [1.82, 2.24) is 0 Å². The minimum absolute atomic E-state index is 0.448. The van der Waals surface area contributed by atoms with E-state index >= 15 is 0 Å². The molecule has 2 aromatic rings. The molecular weight excluding hydrogens is 210 g/mol. The highest BCUT2D eigenvalue weighted by Gasteiger charge is 2.05. The summed E-state index contributed by atoms with van der Waals surface area (Å²) in [7, 11) is 0. The fourth-order valence-corrected chi connectivity index (χ4v) is 1.51. The maximum atomic E-state index is 7.17. The van der Waals surface area contributed by atoms with Gasteiger partial charge in [-0.1, -0.05) is 60.7 Å². The van der Waals surface area contributed by atoms with Gasteiger partial charge in [-0.15, -0.1) is 0 Å². The molecular formula is C14H13N3. The fraction of sp³-hybridized carbons (Fsp3) is 0.0714. The van der Waals surface area contributed by atoms with Crippen LogP contribution in [0.3, 0.4) is 0 Å². The standard InChI is InChI=1S/C14H13N3/c15-17-14(13-9-5-2-6-10-13)16-11-12-7-3-1-4-8-12/h1-11,14-15H/b16-11+,17-15?. The number of aliphatic imine (C=N–C) groups is 1. The molecule has 0 fully saturated rings. The first-order valence-electron chi connectivity index (χ1n) is 5.40. The second-order valence-corrected chi connectivity index (χ2v) is 3.60. The minimum Gasteiger partial charge on any atom is -0.259 e. The molecule has 0 radical (unpaired) electrons. The van der Waals surface area contributed by atoms with Gasteiger partial charge in [-0.25, -0.2) is 5.53 Å². The molecule has 0 aliphatic rings. The molecule has 0 saturated carbocycles. The Bertz CT molecular complexity index is 491. The van der Waals surface area contributed by atoms with Crippen molar-refractivity contribution in [2.24, 2.45) is 10.1 Å². The van der Waals surface area contributed by atoms with E-state index in [1.807, 2.05) is 60.7 Å². The van der Waals surface area contributed by atoms with Gasteiger partial charge in [-0.2, -0.15) is 5.11 Å². The Kier molecular flexibility index (Phi) is 3.76. The van der Waals surface area contributed by atoms with Crippen LogP contribution in [-0.2, 0) is 0 Å². The predicted octanol–water partition coefficient (Wildman–Crippen LogP) is 3.84. The van der Waals surface area contributed by atoms with Crippen molar-refractivity contribution in [2.75, 3.05) is 0 Å². The molecule has 17 heavy (non-hydrogen) atoms. The van der Waals surface area contributed by atoms with E-state index in [0.717, 1.165) is 11.1 Å². The van der Waals surface area contributed by atoms with Gasteiger partial charge in [-0.3, -0.25) is 4.99 Å². The van der Waals surface area contributed by atoms with Crippen molar-refractivity contribution in [3.63, 3.8) is 0 Å². The Hall–Kier alpha value is -2.29. The molecule has 0 spiro atoms. The first-order valence-corrected chi connectivity index (χ1v) is 5.40. The number of hydrogen-bond donors (Lipinski definition) is 1. The van der Waals surface area contributed by atoms with Crippen LogP contribution >= 0.6 is 0 Å². The van der Waals surface area contributed by atoms with Gasteiger partial charge >= 0.3 is 0 Å². The zero-order valence-corrected chi connectivity index (χ0v) is 9.32. The molecule has 0 bridgehead atoms. The Labute approximate surface area is 100 Å². The maximum Gasteiger partial charge on any atom is 0.185 e. The van der Waals surface area contributed by atoms with E-state index in [9.17, 15) is 0 Å². The predicted molar refractivity (Wildman–Crippen MR) is 68.4 cm³/mol. The summed E-state index contributed by atoms with van der Waals surface area (Å²) >= 11 is 0. The lowest BCUT2D eigenvalue weighted by atomic mass is 10.2. The second kappa shape index (κ2) is 5.70. The van der Waals surface area contributed by atoms with Gasteiger partial charge in [0.1, 0.15) is 0 Å². The Morgan fingerprint density at radius 1 is 0.882 bits per heavy atom. The summed E-state index contributed by atoms with van der Waals surface area (Å²) in [6.45, 7) is 0. The van der Waals surface area contributed by atoms with E-state index in [1.54, 1.807) is 6.21 Å². The van der Waals surface area contributed by atoms with E-state index in [1.165, 1.54) is 0 Å². The van der Waals surface area contributed by atoms with Crippen LogP contribution in [0, 0.1) is 5.53 Å². The van der Waals surface area contributed by atoms with E-state index in [-0.39, 0.29) is 0 Å². The summed E-state index contributed by atoms with van der Waals surface area (Å²) in [5, 5.41) is 3.53. The molecule has 84 valence electrons. The van der Waals surface area contributed by atoms with Gasteiger partial charge in [0.25, 0.3) is 0 Å². The molecule has 3 nitrogen and oxygen atoms in total. The van der Waals surface area contributed by atoms with Gasteiger partial charge in [0, 0.05) is 11.8 Å². The summed E-state index contributed by atoms with van der Waals surface area (Å²) in [4.78, 5) is 4.30. The monoisotopic (exact) mass is 223 g/mol. The van der Waals surface area contributed by atoms with Crippen LogP contribution < -0.4 is 0 Å². The topological polar surface area (TPSA) is 48.6 Å². The Balaban J connectivity index is 2.16. The average molecular weight is 223 g/mol. The normalized spacial score (nSPS) is 12.5. The molecule has 0 saturated heterocycles. The molecule has 2 aromatic carbocycles.